The van der Waals surface area contributed by atoms with Crippen molar-refractivity contribution in [3.63, 3.8) is 0 Å². The molecule has 0 fully saturated rings. The van der Waals surface area contributed by atoms with Crippen molar-refractivity contribution in [1.82, 2.24) is 9.97 Å². The predicted molar refractivity (Wildman–Crippen MR) is 76.2 cm³/mol. The number of aryl methyl sites for hydroxylation is 1. The average Bonchev–Trinajstić information content (AvgIpc) is 2.96. The summed E-state index contributed by atoms with van der Waals surface area (Å²) in [7, 11) is 0. The normalized spacial score (nSPS) is 12.2. The summed E-state index contributed by atoms with van der Waals surface area (Å²) < 4.78 is 1.11. The summed E-state index contributed by atoms with van der Waals surface area (Å²) in [5.41, 5.74) is 1.64. The fourth-order valence-electron chi connectivity index (χ4n) is 1.67. The first-order valence-electron chi connectivity index (χ1n) is 5.41. The van der Waals surface area contributed by atoms with Crippen molar-refractivity contribution in [3.05, 3.63) is 51.6 Å². The van der Waals surface area contributed by atoms with E-state index in [0.717, 1.165) is 31.4 Å². The Bertz CT molecular complexity index is 694. The summed E-state index contributed by atoms with van der Waals surface area (Å²) >= 11 is 3.11. The summed E-state index contributed by atoms with van der Waals surface area (Å²) in [6.45, 7) is 1.99. The molecule has 0 saturated heterocycles. The highest BCUT2D eigenvalue weighted by molar-refractivity contribution is 7.20. The number of nitrogens with zero attached hydrogens (tertiary/aromatic N) is 2. The minimum atomic E-state index is 0.689. The maximum atomic E-state index is 9.44. The van der Waals surface area contributed by atoms with E-state index in [1.165, 1.54) is 0 Å². The second kappa shape index (κ2) is 4.51. The molecule has 5 heteroatoms. The quantitative estimate of drug-likeness (QED) is 0.718. The molecule has 0 radical (unpaired) electrons. The van der Waals surface area contributed by atoms with E-state index in [1.807, 2.05) is 31.2 Å². The van der Waals surface area contributed by atoms with E-state index in [2.05, 4.69) is 9.97 Å². The van der Waals surface area contributed by atoms with Crippen molar-refractivity contribution in [3.8, 4) is 0 Å². The lowest BCUT2D eigenvalue weighted by Gasteiger charge is -1.95. The smallest absolute Gasteiger partial charge is 0.130 e. The molecule has 0 unspecified atom stereocenters. The molecule has 0 aliphatic heterocycles. The number of benzene rings is 1. The van der Waals surface area contributed by atoms with Gasteiger partial charge in [0.25, 0.3) is 0 Å². The van der Waals surface area contributed by atoms with Crippen LogP contribution in [0, 0.1) is 6.92 Å². The number of aliphatic hydroxyl groups is 1. The van der Waals surface area contributed by atoms with Crippen LogP contribution in [0.1, 0.15) is 14.9 Å². The van der Waals surface area contributed by atoms with Gasteiger partial charge in [0.2, 0.25) is 0 Å². The van der Waals surface area contributed by atoms with Crippen LogP contribution in [0.5, 0.6) is 0 Å². The van der Waals surface area contributed by atoms with Crippen LogP contribution in [0.15, 0.2) is 36.7 Å². The van der Waals surface area contributed by atoms with E-state index in [9.17, 15) is 5.11 Å². The summed E-state index contributed by atoms with van der Waals surface area (Å²) in [6, 6.07) is 7.94. The Morgan fingerprint density at radius 3 is 2.72 bits per heavy atom. The maximum absolute atomic E-state index is 9.44. The van der Waals surface area contributed by atoms with Gasteiger partial charge in [0.05, 0.1) is 22.1 Å². The Labute approximate surface area is 112 Å². The molecule has 1 N–H and O–H groups in total. The molecule has 3 aromatic rings. The van der Waals surface area contributed by atoms with Crippen molar-refractivity contribution in [1.29, 1.82) is 0 Å². The number of fused-ring (bicyclic) bond motifs is 1. The fourth-order valence-corrected chi connectivity index (χ4v) is 3.48. The molecule has 0 atom stereocenters. The van der Waals surface area contributed by atoms with Crippen LogP contribution in [0.3, 0.4) is 0 Å². The van der Waals surface area contributed by atoms with Gasteiger partial charge < -0.3 is 5.11 Å². The highest BCUT2D eigenvalue weighted by Gasteiger charge is 2.14. The minimum Gasteiger partial charge on any atom is -0.515 e. The third kappa shape index (κ3) is 1.91. The van der Waals surface area contributed by atoms with Gasteiger partial charge in [0.15, 0.2) is 0 Å². The molecule has 0 saturated carbocycles. The first kappa shape index (κ1) is 11.4. The molecule has 2 aromatic heterocycles. The second-order valence-corrected chi connectivity index (χ2v) is 6.07. The van der Waals surface area contributed by atoms with Gasteiger partial charge in [-0.05, 0) is 19.1 Å². The Kier molecular flexibility index (Phi) is 2.85. The first-order chi connectivity index (χ1) is 8.78. The molecule has 90 valence electrons. The van der Waals surface area contributed by atoms with Gasteiger partial charge in [-0.1, -0.05) is 12.1 Å². The van der Waals surface area contributed by atoms with Gasteiger partial charge in [0, 0.05) is 11.1 Å². The highest BCUT2D eigenvalue weighted by Crippen LogP contribution is 2.32. The number of aromatic nitrogens is 2. The molecule has 0 aliphatic carbocycles. The van der Waals surface area contributed by atoms with Crippen molar-refractivity contribution in [2.75, 3.05) is 0 Å². The van der Waals surface area contributed by atoms with E-state index < -0.39 is 0 Å². The molecule has 0 spiro atoms. The molecule has 2 heterocycles. The van der Waals surface area contributed by atoms with Gasteiger partial charge in [0.1, 0.15) is 10.0 Å². The molecule has 0 bridgehead atoms. The van der Waals surface area contributed by atoms with E-state index in [4.69, 9.17) is 0 Å². The fraction of sp³-hybridized carbons (Fsp3) is 0.0769. The number of aliphatic hydroxyl groups excluding tert-OH is 1. The van der Waals surface area contributed by atoms with Crippen molar-refractivity contribution in [2.45, 2.75) is 6.92 Å². The Hall–Kier alpha value is -1.72. The second-order valence-electron chi connectivity index (χ2n) is 3.81. The summed E-state index contributed by atoms with van der Waals surface area (Å²) in [6.07, 6.45) is 2.90. The monoisotopic (exact) mass is 274 g/mol. The summed E-state index contributed by atoms with van der Waals surface area (Å²) in [5, 5.41) is 11.0. The average molecular weight is 274 g/mol. The maximum Gasteiger partial charge on any atom is 0.130 e. The van der Waals surface area contributed by atoms with Crippen LogP contribution >= 0.6 is 22.7 Å². The van der Waals surface area contributed by atoms with Crippen molar-refractivity contribution in [2.24, 2.45) is 0 Å². The molecule has 1 aromatic carbocycles. The van der Waals surface area contributed by atoms with Gasteiger partial charge in [-0.15, -0.1) is 22.7 Å². The third-order valence-electron chi connectivity index (χ3n) is 2.51. The van der Waals surface area contributed by atoms with Crippen LogP contribution in [-0.2, 0) is 0 Å². The van der Waals surface area contributed by atoms with Crippen LogP contribution in [0.25, 0.3) is 15.8 Å². The Balaban J connectivity index is 2.12. The predicted octanol–water partition coefficient (Wildman–Crippen LogP) is 4.01. The zero-order valence-electron chi connectivity index (χ0n) is 9.62. The van der Waals surface area contributed by atoms with E-state index in [0.29, 0.717) is 5.57 Å². The molecule has 0 aliphatic rings. The summed E-state index contributed by atoms with van der Waals surface area (Å²) in [5.74, 6) is 0. The Morgan fingerprint density at radius 1 is 1.22 bits per heavy atom. The molecule has 0 amide bonds. The topological polar surface area (TPSA) is 46.0 Å². The van der Waals surface area contributed by atoms with Crippen LogP contribution in [0.2, 0.25) is 0 Å². The zero-order valence-corrected chi connectivity index (χ0v) is 11.3. The van der Waals surface area contributed by atoms with Gasteiger partial charge in [-0.25, -0.2) is 9.97 Å². The number of hydrogen-bond donors (Lipinski definition) is 1. The number of hydrogen-bond acceptors (Lipinski definition) is 5. The van der Waals surface area contributed by atoms with Crippen LogP contribution in [0.4, 0.5) is 0 Å². The molecule has 3 rings (SSSR count). The van der Waals surface area contributed by atoms with Gasteiger partial charge >= 0.3 is 0 Å². The standard InChI is InChI=1S/C13H10N2OS2/c1-8-6-14-12(17-8)9(7-16)13-15-10-4-2-3-5-11(10)18-13/h2-7,16H,1H3/b9-7+. The molecule has 3 nitrogen and oxygen atoms in total. The Morgan fingerprint density at radius 2 is 2.06 bits per heavy atom. The van der Waals surface area contributed by atoms with Gasteiger partial charge in [-0.3, -0.25) is 0 Å². The zero-order chi connectivity index (χ0) is 12.5. The van der Waals surface area contributed by atoms with Crippen LogP contribution in [-0.4, -0.2) is 15.1 Å². The van der Waals surface area contributed by atoms with Crippen molar-refractivity contribution >= 4 is 38.5 Å². The molecule has 18 heavy (non-hydrogen) atoms. The number of para-hydroxylation sites is 1. The highest BCUT2D eigenvalue weighted by atomic mass is 32.1. The largest absolute Gasteiger partial charge is 0.515 e. The number of thiazole rings is 2. The lowest BCUT2D eigenvalue weighted by atomic mass is 10.3. The molecular formula is C13H10N2OS2. The van der Waals surface area contributed by atoms with E-state index in [1.54, 1.807) is 28.9 Å². The number of rotatable bonds is 2. The SMILES string of the molecule is Cc1cnc(/C(=C\O)c2nc3ccccc3s2)s1. The van der Waals surface area contributed by atoms with Crippen molar-refractivity contribution < 1.29 is 5.11 Å². The summed E-state index contributed by atoms with van der Waals surface area (Å²) in [4.78, 5) is 9.93. The lowest BCUT2D eigenvalue weighted by molar-refractivity contribution is 0.476. The first-order valence-corrected chi connectivity index (χ1v) is 7.04. The van der Waals surface area contributed by atoms with Crippen LogP contribution < -0.4 is 0 Å². The third-order valence-corrected chi connectivity index (χ3v) is 4.52. The van der Waals surface area contributed by atoms with Gasteiger partial charge in [-0.2, -0.15) is 0 Å². The van der Waals surface area contributed by atoms with E-state index >= 15 is 0 Å². The minimum absolute atomic E-state index is 0.689. The lowest BCUT2D eigenvalue weighted by Crippen LogP contribution is -1.85. The van der Waals surface area contributed by atoms with E-state index in [-0.39, 0.29) is 0 Å². The molecular weight excluding hydrogens is 264 g/mol.